The Bertz CT molecular complexity index is 1510. The zero-order valence-corrected chi connectivity index (χ0v) is 16.7. The van der Waals surface area contributed by atoms with Crippen molar-refractivity contribution >= 4 is 51.9 Å². The minimum Gasteiger partial charge on any atom is -0.436 e. The fourth-order valence-electron chi connectivity index (χ4n) is 3.93. The van der Waals surface area contributed by atoms with Gasteiger partial charge < -0.3 is 8.83 Å². The lowest BCUT2D eigenvalue weighted by Gasteiger charge is -2.00. The highest BCUT2D eigenvalue weighted by atomic mass is 16.4. The van der Waals surface area contributed by atoms with Gasteiger partial charge >= 0.3 is 0 Å². The molecule has 0 saturated carbocycles. The van der Waals surface area contributed by atoms with Gasteiger partial charge in [-0.1, -0.05) is 54.6 Å². The third-order valence-corrected chi connectivity index (χ3v) is 5.49. The van der Waals surface area contributed by atoms with Gasteiger partial charge in [0.1, 0.15) is 5.76 Å². The van der Waals surface area contributed by atoms with E-state index >= 15 is 0 Å². The average Bonchev–Trinajstić information content (AvgIpc) is 3.44. The summed E-state index contributed by atoms with van der Waals surface area (Å²) in [6.07, 6.45) is 5.12. The van der Waals surface area contributed by atoms with Gasteiger partial charge in [0.2, 0.25) is 5.89 Å². The van der Waals surface area contributed by atoms with Crippen LogP contribution in [0.4, 0.5) is 0 Å². The van der Waals surface area contributed by atoms with Crippen LogP contribution in [-0.4, -0.2) is 16.6 Å². The van der Waals surface area contributed by atoms with E-state index < -0.39 is 0 Å². The monoisotopic (exact) mass is 417 g/mol. The molecule has 5 nitrogen and oxygen atoms in total. The maximum Gasteiger partial charge on any atom is 0.266 e. The van der Waals surface area contributed by atoms with E-state index in [1.807, 2.05) is 60.7 Å². The molecule has 6 rings (SSSR count). The topological polar surface area (TPSA) is 73.3 Å². The van der Waals surface area contributed by atoms with Gasteiger partial charge in [-0.25, -0.2) is 0 Å². The smallest absolute Gasteiger partial charge is 0.266 e. The zero-order chi connectivity index (χ0) is 21.7. The Morgan fingerprint density at radius 2 is 1.38 bits per heavy atom. The summed E-state index contributed by atoms with van der Waals surface area (Å²) >= 11 is 0. The van der Waals surface area contributed by atoms with E-state index in [-0.39, 0.29) is 17.1 Å². The molecule has 0 amide bonds. The SMILES string of the molecule is O=C1C(=Cc2cc3oc(/C=C/c4ccccc4)nc3o2)C(=O)c2cc3ccccc3cc21. The highest BCUT2D eigenvalue weighted by Gasteiger charge is 2.33. The van der Waals surface area contributed by atoms with Crippen molar-refractivity contribution in [3.05, 3.63) is 107 Å². The molecule has 0 bridgehead atoms. The maximum atomic E-state index is 12.9. The van der Waals surface area contributed by atoms with Crippen molar-refractivity contribution in [2.45, 2.75) is 0 Å². The Kier molecular flexibility index (Phi) is 4.01. The van der Waals surface area contributed by atoms with E-state index in [0.717, 1.165) is 16.3 Å². The fraction of sp³-hybridized carbons (Fsp3) is 0. The lowest BCUT2D eigenvalue weighted by Crippen LogP contribution is -1.99. The molecule has 5 heteroatoms. The van der Waals surface area contributed by atoms with Crippen molar-refractivity contribution < 1.29 is 18.4 Å². The van der Waals surface area contributed by atoms with Crippen molar-refractivity contribution in [3.63, 3.8) is 0 Å². The van der Waals surface area contributed by atoms with Crippen LogP contribution >= 0.6 is 0 Å². The fourth-order valence-corrected chi connectivity index (χ4v) is 3.93. The maximum absolute atomic E-state index is 12.9. The van der Waals surface area contributed by atoms with Crippen molar-refractivity contribution in [3.8, 4) is 0 Å². The number of aromatic nitrogens is 1. The molecule has 5 aromatic rings. The Morgan fingerprint density at radius 3 is 2.03 bits per heavy atom. The minimum absolute atomic E-state index is 0.0795. The average molecular weight is 417 g/mol. The van der Waals surface area contributed by atoms with Crippen LogP contribution in [0.3, 0.4) is 0 Å². The van der Waals surface area contributed by atoms with Crippen molar-refractivity contribution in [2.24, 2.45) is 0 Å². The molecule has 3 aromatic carbocycles. The summed E-state index contributed by atoms with van der Waals surface area (Å²) in [5.41, 5.74) is 2.70. The molecule has 0 N–H and O–H groups in total. The predicted molar refractivity (Wildman–Crippen MR) is 122 cm³/mol. The Labute approximate surface area is 182 Å². The van der Waals surface area contributed by atoms with Crippen LogP contribution in [-0.2, 0) is 0 Å². The largest absolute Gasteiger partial charge is 0.436 e. The van der Waals surface area contributed by atoms with Crippen molar-refractivity contribution in [1.82, 2.24) is 4.98 Å². The number of hydrogen-bond acceptors (Lipinski definition) is 5. The quantitative estimate of drug-likeness (QED) is 0.258. The molecule has 0 saturated heterocycles. The number of nitrogens with zero attached hydrogens (tertiary/aromatic N) is 1. The number of carbonyl (C=O) groups is 2. The number of benzene rings is 3. The summed E-state index contributed by atoms with van der Waals surface area (Å²) in [5.74, 6) is 0.152. The first-order valence-electron chi connectivity index (χ1n) is 10.1. The number of ketones is 2. The number of Topliss-reactive ketones (excluding diaryl/α,β-unsaturated/α-hetero) is 2. The normalized spacial score (nSPS) is 13.6. The number of allylic oxidation sites excluding steroid dienone is 1. The highest BCUT2D eigenvalue weighted by Crippen LogP contribution is 2.32. The lowest BCUT2D eigenvalue weighted by molar-refractivity contribution is 0.0990. The van der Waals surface area contributed by atoms with Crippen molar-refractivity contribution in [1.29, 1.82) is 0 Å². The minimum atomic E-state index is -0.303. The second-order valence-electron chi connectivity index (χ2n) is 7.58. The van der Waals surface area contributed by atoms with Crippen LogP contribution in [0.2, 0.25) is 0 Å². The Balaban J connectivity index is 1.32. The molecule has 0 radical (unpaired) electrons. The van der Waals surface area contributed by atoms with E-state index in [1.54, 1.807) is 24.3 Å². The molecule has 2 aromatic heterocycles. The zero-order valence-electron chi connectivity index (χ0n) is 16.7. The number of carbonyl (C=O) groups excluding carboxylic acids is 2. The molecular formula is C27H15NO4. The standard InChI is InChI=1S/C27H15NO4/c29-25-20-12-17-8-4-5-9-18(17)13-21(20)26(30)22(25)14-19-15-23-27(31-19)28-24(32-23)11-10-16-6-2-1-3-7-16/h1-15H/b11-10+. The number of rotatable bonds is 3. The van der Waals surface area contributed by atoms with E-state index in [1.165, 1.54) is 6.08 Å². The van der Waals surface area contributed by atoms with E-state index in [2.05, 4.69) is 4.98 Å². The van der Waals surface area contributed by atoms with Crippen molar-refractivity contribution in [2.75, 3.05) is 0 Å². The summed E-state index contributed by atoms with van der Waals surface area (Å²) in [7, 11) is 0. The van der Waals surface area contributed by atoms with Crippen LogP contribution in [0.1, 0.15) is 37.9 Å². The third-order valence-electron chi connectivity index (χ3n) is 5.49. The summed E-state index contributed by atoms with van der Waals surface area (Å²) < 4.78 is 11.4. The van der Waals surface area contributed by atoms with Crippen LogP contribution in [0, 0.1) is 0 Å². The lowest BCUT2D eigenvalue weighted by atomic mass is 10.0. The second-order valence-corrected chi connectivity index (χ2v) is 7.58. The number of furan rings is 1. The molecule has 32 heavy (non-hydrogen) atoms. The first-order valence-corrected chi connectivity index (χ1v) is 10.1. The Morgan fingerprint density at radius 1 is 0.719 bits per heavy atom. The van der Waals surface area contributed by atoms with Gasteiger partial charge in [0.25, 0.3) is 5.71 Å². The molecule has 0 unspecified atom stereocenters. The van der Waals surface area contributed by atoms with Gasteiger partial charge in [0.15, 0.2) is 17.1 Å². The number of fused-ring (bicyclic) bond motifs is 3. The van der Waals surface area contributed by atoms with E-state index in [0.29, 0.717) is 34.1 Å². The molecule has 0 fully saturated rings. The first-order chi connectivity index (χ1) is 15.7. The van der Waals surface area contributed by atoms with Crippen LogP contribution in [0.5, 0.6) is 0 Å². The van der Waals surface area contributed by atoms with Gasteiger partial charge in [0, 0.05) is 23.3 Å². The van der Waals surface area contributed by atoms with E-state index in [9.17, 15) is 9.59 Å². The molecule has 1 aliphatic carbocycles. The second kappa shape index (κ2) is 7.03. The molecule has 0 aliphatic heterocycles. The summed E-state index contributed by atoms with van der Waals surface area (Å²) in [4.78, 5) is 30.1. The third kappa shape index (κ3) is 2.99. The molecule has 2 heterocycles. The molecule has 1 aliphatic rings. The van der Waals surface area contributed by atoms with Gasteiger partial charge in [-0.15, -0.1) is 0 Å². The van der Waals surface area contributed by atoms with Crippen LogP contribution in [0.15, 0.2) is 87.2 Å². The highest BCUT2D eigenvalue weighted by molar-refractivity contribution is 6.42. The summed E-state index contributed by atoms with van der Waals surface area (Å²) in [6.45, 7) is 0. The van der Waals surface area contributed by atoms with Gasteiger partial charge in [-0.3, -0.25) is 9.59 Å². The van der Waals surface area contributed by atoms with Crippen LogP contribution in [0.25, 0.3) is 40.3 Å². The van der Waals surface area contributed by atoms with Gasteiger partial charge in [-0.05, 0) is 40.6 Å². The van der Waals surface area contributed by atoms with Gasteiger partial charge in [-0.2, -0.15) is 4.98 Å². The van der Waals surface area contributed by atoms with E-state index in [4.69, 9.17) is 8.83 Å². The molecular weight excluding hydrogens is 402 g/mol. The predicted octanol–water partition coefficient (Wildman–Crippen LogP) is 6.21. The first kappa shape index (κ1) is 18.3. The Hall–Kier alpha value is -4.51. The number of hydrogen-bond donors (Lipinski definition) is 0. The molecule has 0 atom stereocenters. The number of oxazole rings is 1. The summed E-state index contributed by atoms with van der Waals surface area (Å²) in [6, 6.07) is 22.6. The van der Waals surface area contributed by atoms with Crippen LogP contribution < -0.4 is 0 Å². The molecule has 152 valence electrons. The van der Waals surface area contributed by atoms with Gasteiger partial charge in [0.05, 0.1) is 5.57 Å². The molecule has 0 spiro atoms. The summed E-state index contributed by atoms with van der Waals surface area (Å²) in [5, 5.41) is 1.84.